The molecule has 1 aromatic carbocycles. The summed E-state index contributed by atoms with van der Waals surface area (Å²) in [5, 5.41) is 7.05. The van der Waals surface area contributed by atoms with E-state index in [2.05, 4.69) is 80.7 Å². The molecule has 0 radical (unpaired) electrons. The summed E-state index contributed by atoms with van der Waals surface area (Å²) in [5.74, 6) is 1.86. The molecule has 3 heterocycles. The molecule has 8 heteroatoms. The molecule has 2 aliphatic heterocycles. The molecule has 0 saturated carbocycles. The summed E-state index contributed by atoms with van der Waals surface area (Å²) in [6.07, 6.45) is 3.23. The van der Waals surface area contributed by atoms with Crippen LogP contribution in [0.25, 0.3) is 0 Å². The Morgan fingerprint density at radius 2 is 1.97 bits per heavy atom. The lowest BCUT2D eigenvalue weighted by Crippen LogP contribution is -2.44. The lowest BCUT2D eigenvalue weighted by molar-refractivity contribution is 0.0529. The van der Waals surface area contributed by atoms with Crippen LogP contribution in [0.5, 0.6) is 0 Å². The number of ether oxygens (including phenoxy) is 1. The molecule has 2 aromatic rings. The first-order valence-electron chi connectivity index (χ1n) is 11.2. The fourth-order valence-electron chi connectivity index (χ4n) is 4.21. The van der Waals surface area contributed by atoms with Crippen molar-refractivity contribution >= 4 is 41.4 Å². The number of guanidine groups is 1. The van der Waals surface area contributed by atoms with Crippen LogP contribution < -0.4 is 20.4 Å². The zero-order chi connectivity index (χ0) is 21.6. The molecule has 32 heavy (non-hydrogen) atoms. The minimum atomic E-state index is 0. The summed E-state index contributed by atoms with van der Waals surface area (Å²) in [7, 11) is 1.83. The maximum atomic E-state index is 5.65. The van der Waals surface area contributed by atoms with E-state index >= 15 is 0 Å². The number of benzene rings is 1. The predicted octanol–water partition coefficient (Wildman–Crippen LogP) is 3.18. The lowest BCUT2D eigenvalue weighted by Gasteiger charge is -2.32. The Morgan fingerprint density at radius 1 is 1.16 bits per heavy atom. The molecule has 2 unspecified atom stereocenters. The second-order valence-corrected chi connectivity index (χ2v) is 8.49. The Labute approximate surface area is 208 Å². The zero-order valence-electron chi connectivity index (χ0n) is 19.3. The number of anilines is 2. The molecule has 0 spiro atoms. The summed E-state index contributed by atoms with van der Waals surface area (Å²) in [6, 6.07) is 13.4. The van der Waals surface area contributed by atoms with Gasteiger partial charge in [-0.15, -0.1) is 24.0 Å². The van der Waals surface area contributed by atoms with Gasteiger partial charge in [0.05, 0.1) is 12.7 Å². The third kappa shape index (κ3) is 6.48. The van der Waals surface area contributed by atoms with Gasteiger partial charge < -0.3 is 25.2 Å². The smallest absolute Gasteiger partial charge is 0.191 e. The number of aliphatic imine (C=N–C) groups is 1. The first-order chi connectivity index (χ1) is 15.1. The fourth-order valence-corrected chi connectivity index (χ4v) is 4.21. The first-order valence-corrected chi connectivity index (χ1v) is 11.2. The van der Waals surface area contributed by atoms with Crippen LogP contribution in [0, 0.1) is 6.92 Å². The topological polar surface area (TPSA) is 65.0 Å². The van der Waals surface area contributed by atoms with Crippen molar-refractivity contribution in [3.63, 3.8) is 0 Å². The van der Waals surface area contributed by atoms with Crippen LogP contribution in [0.15, 0.2) is 47.6 Å². The van der Waals surface area contributed by atoms with Gasteiger partial charge >= 0.3 is 0 Å². The molecule has 0 amide bonds. The lowest BCUT2D eigenvalue weighted by atomic mass is 10.2. The highest BCUT2D eigenvalue weighted by Crippen LogP contribution is 2.21. The van der Waals surface area contributed by atoms with Crippen LogP contribution in [0.3, 0.4) is 0 Å². The molecular weight excluding hydrogens is 515 g/mol. The molecule has 0 aliphatic carbocycles. The third-order valence-corrected chi connectivity index (χ3v) is 5.99. The summed E-state index contributed by atoms with van der Waals surface area (Å²) in [4.78, 5) is 13.7. The Bertz CT molecular complexity index is 890. The van der Waals surface area contributed by atoms with Gasteiger partial charge in [-0.25, -0.2) is 4.98 Å². The van der Waals surface area contributed by atoms with Gasteiger partial charge in [-0.1, -0.05) is 17.7 Å². The molecular formula is C24H35IN6O. The minimum Gasteiger partial charge on any atom is -0.375 e. The molecule has 174 valence electrons. The first kappa shape index (κ1) is 24.6. The van der Waals surface area contributed by atoms with Crippen molar-refractivity contribution in [1.29, 1.82) is 0 Å². The van der Waals surface area contributed by atoms with E-state index < -0.39 is 0 Å². The number of hydrogen-bond acceptors (Lipinski definition) is 5. The fraction of sp³-hybridized carbons (Fsp3) is 0.500. The molecule has 4 rings (SSSR count). The average molecular weight is 550 g/mol. The van der Waals surface area contributed by atoms with Gasteiger partial charge in [0.25, 0.3) is 0 Å². The van der Waals surface area contributed by atoms with Crippen LogP contribution in [-0.4, -0.2) is 62.9 Å². The number of aryl methyl sites for hydroxylation is 1. The highest BCUT2D eigenvalue weighted by atomic mass is 127. The number of aromatic nitrogens is 1. The molecule has 0 bridgehead atoms. The average Bonchev–Trinajstić information content (AvgIpc) is 3.26. The number of hydrogen-bond donors (Lipinski definition) is 2. The molecule has 2 aliphatic rings. The maximum Gasteiger partial charge on any atom is 0.191 e. The van der Waals surface area contributed by atoms with Crippen LogP contribution >= 0.6 is 24.0 Å². The van der Waals surface area contributed by atoms with E-state index in [0.29, 0.717) is 12.6 Å². The molecule has 2 atom stereocenters. The van der Waals surface area contributed by atoms with Gasteiger partial charge in [-0.3, -0.25) is 4.99 Å². The van der Waals surface area contributed by atoms with Crippen molar-refractivity contribution < 1.29 is 4.74 Å². The van der Waals surface area contributed by atoms with Gasteiger partial charge in [0.2, 0.25) is 0 Å². The summed E-state index contributed by atoms with van der Waals surface area (Å²) < 4.78 is 5.65. The maximum absolute atomic E-state index is 5.65. The van der Waals surface area contributed by atoms with Gasteiger partial charge in [-0.05, 0) is 50.1 Å². The van der Waals surface area contributed by atoms with E-state index in [1.54, 1.807) is 0 Å². The van der Waals surface area contributed by atoms with Crippen LogP contribution in [-0.2, 0) is 11.3 Å². The van der Waals surface area contributed by atoms with Gasteiger partial charge in [0.1, 0.15) is 5.82 Å². The Balaban J connectivity index is 0.00000289. The Kier molecular flexibility index (Phi) is 8.98. The number of halogens is 1. The van der Waals surface area contributed by atoms with Gasteiger partial charge in [-0.2, -0.15) is 0 Å². The Hall–Kier alpha value is -2.07. The standard InChI is InChI=1S/C24H34N6O.HI/c1-18-4-6-22(7-5-18)29-11-9-21(17-29)28-24(25-3)27-15-20-8-10-26-23(14-20)30-12-13-31-19(2)16-30;/h4-8,10,14,19,21H,9,11-13,15-17H2,1-3H3,(H2,25,27,28);1H. The van der Waals surface area contributed by atoms with Gasteiger partial charge in [0, 0.05) is 57.7 Å². The summed E-state index contributed by atoms with van der Waals surface area (Å²) >= 11 is 0. The van der Waals surface area contributed by atoms with Crippen molar-refractivity contribution in [2.75, 3.05) is 49.6 Å². The summed E-state index contributed by atoms with van der Waals surface area (Å²) in [5.41, 5.74) is 3.78. The van der Waals surface area contributed by atoms with Crippen molar-refractivity contribution in [1.82, 2.24) is 15.6 Å². The molecule has 7 nitrogen and oxygen atoms in total. The SMILES string of the molecule is CN=C(NCc1ccnc(N2CCOC(C)C2)c1)NC1CCN(c2ccc(C)cc2)C1.I. The highest BCUT2D eigenvalue weighted by Gasteiger charge is 2.23. The van der Waals surface area contributed by atoms with Crippen molar-refractivity contribution in [2.45, 2.75) is 39.0 Å². The van der Waals surface area contributed by atoms with E-state index in [4.69, 9.17) is 4.74 Å². The highest BCUT2D eigenvalue weighted by molar-refractivity contribution is 14.0. The zero-order valence-corrected chi connectivity index (χ0v) is 21.6. The molecule has 2 N–H and O–H groups in total. The van der Waals surface area contributed by atoms with E-state index in [1.807, 2.05) is 13.2 Å². The van der Waals surface area contributed by atoms with Crippen LogP contribution in [0.4, 0.5) is 11.5 Å². The second kappa shape index (κ2) is 11.7. The van der Waals surface area contributed by atoms with E-state index in [0.717, 1.165) is 51.0 Å². The molecule has 2 saturated heterocycles. The van der Waals surface area contributed by atoms with E-state index in [9.17, 15) is 0 Å². The second-order valence-electron chi connectivity index (χ2n) is 8.49. The van der Waals surface area contributed by atoms with Gasteiger partial charge in [0.15, 0.2) is 5.96 Å². The largest absolute Gasteiger partial charge is 0.375 e. The third-order valence-electron chi connectivity index (χ3n) is 5.99. The number of morpholine rings is 1. The van der Waals surface area contributed by atoms with Crippen molar-refractivity contribution in [3.8, 4) is 0 Å². The van der Waals surface area contributed by atoms with Crippen molar-refractivity contribution in [2.24, 2.45) is 4.99 Å². The van der Waals surface area contributed by atoms with E-state index in [1.165, 1.54) is 16.8 Å². The van der Waals surface area contributed by atoms with Crippen molar-refractivity contribution in [3.05, 3.63) is 53.7 Å². The molecule has 1 aromatic heterocycles. The minimum absolute atomic E-state index is 0. The monoisotopic (exact) mass is 550 g/mol. The molecule has 2 fully saturated rings. The Morgan fingerprint density at radius 3 is 2.72 bits per heavy atom. The number of pyridine rings is 1. The quantitative estimate of drug-likeness (QED) is 0.339. The summed E-state index contributed by atoms with van der Waals surface area (Å²) in [6.45, 7) is 9.51. The normalized spacial score (nSPS) is 21.3. The predicted molar refractivity (Wildman–Crippen MR) is 142 cm³/mol. The van der Waals surface area contributed by atoms with Crippen LogP contribution in [0.1, 0.15) is 24.5 Å². The number of nitrogens with zero attached hydrogens (tertiary/aromatic N) is 4. The van der Waals surface area contributed by atoms with Crippen LogP contribution in [0.2, 0.25) is 0 Å². The van der Waals surface area contributed by atoms with E-state index in [-0.39, 0.29) is 30.1 Å². The number of nitrogens with one attached hydrogen (secondary N) is 2. The number of rotatable bonds is 5.